The molecule has 0 aliphatic carbocycles. The van der Waals surface area contributed by atoms with Crippen LogP contribution in [0.15, 0.2) is 18.2 Å². The van der Waals surface area contributed by atoms with Crippen LogP contribution in [0.2, 0.25) is 0 Å². The highest BCUT2D eigenvalue weighted by molar-refractivity contribution is 5.82. The number of piperidine rings is 1. The van der Waals surface area contributed by atoms with Crippen molar-refractivity contribution < 1.29 is 13.6 Å². The Kier molecular flexibility index (Phi) is 7.98. The number of likely N-dealkylation sites (tertiary alicyclic amines) is 2. The van der Waals surface area contributed by atoms with Crippen molar-refractivity contribution in [2.45, 2.75) is 64.2 Å². The summed E-state index contributed by atoms with van der Waals surface area (Å²) < 4.78 is 27.9. The first-order valence-corrected chi connectivity index (χ1v) is 11.0. The third-order valence-corrected chi connectivity index (χ3v) is 6.19. The Morgan fingerprint density at radius 2 is 1.86 bits per heavy atom. The van der Waals surface area contributed by atoms with Crippen molar-refractivity contribution in [3.63, 3.8) is 0 Å². The molecule has 5 nitrogen and oxygen atoms in total. The number of carbonyl (C=O) groups excluding carboxylic acids is 1. The fourth-order valence-electron chi connectivity index (χ4n) is 4.70. The van der Waals surface area contributed by atoms with Gasteiger partial charge in [-0.3, -0.25) is 9.69 Å². The van der Waals surface area contributed by atoms with Gasteiger partial charge in [0.15, 0.2) is 0 Å². The van der Waals surface area contributed by atoms with Gasteiger partial charge in [0.2, 0.25) is 5.91 Å². The van der Waals surface area contributed by atoms with Crippen LogP contribution >= 0.6 is 0 Å². The van der Waals surface area contributed by atoms with Gasteiger partial charge in [-0.05, 0) is 64.4 Å². The lowest BCUT2D eigenvalue weighted by atomic mass is 10.0. The summed E-state index contributed by atoms with van der Waals surface area (Å²) in [5, 5.41) is 6.25. The number of hydrogen-bond donors (Lipinski definition) is 2. The number of nitrogens with one attached hydrogen (secondary N) is 2. The molecule has 0 saturated carbocycles. The van der Waals surface area contributed by atoms with Crippen molar-refractivity contribution in [1.82, 2.24) is 20.4 Å². The van der Waals surface area contributed by atoms with Gasteiger partial charge < -0.3 is 15.5 Å². The van der Waals surface area contributed by atoms with Crippen LogP contribution in [0.1, 0.15) is 45.1 Å². The maximum absolute atomic E-state index is 13.9. The number of halogens is 2. The highest BCUT2D eigenvalue weighted by atomic mass is 19.1. The largest absolute Gasteiger partial charge is 0.355 e. The molecule has 2 saturated heterocycles. The Morgan fingerprint density at radius 3 is 2.48 bits per heavy atom. The highest BCUT2D eigenvalue weighted by Gasteiger charge is 2.40. The minimum Gasteiger partial charge on any atom is -0.355 e. The van der Waals surface area contributed by atoms with Gasteiger partial charge in [0.1, 0.15) is 11.6 Å². The molecule has 7 heteroatoms. The number of nitrogens with zero attached hydrogens (tertiary/aromatic N) is 2. The summed E-state index contributed by atoms with van der Waals surface area (Å²) in [7, 11) is 0. The molecule has 1 aromatic carbocycles. The van der Waals surface area contributed by atoms with Crippen LogP contribution in [-0.4, -0.2) is 66.6 Å². The Bertz CT molecular complexity index is 659. The Labute approximate surface area is 172 Å². The molecule has 0 bridgehead atoms. The van der Waals surface area contributed by atoms with E-state index < -0.39 is 11.6 Å². The van der Waals surface area contributed by atoms with Crippen LogP contribution < -0.4 is 10.6 Å². The number of carbonyl (C=O) groups is 1. The smallest absolute Gasteiger partial charge is 0.237 e. The Balaban J connectivity index is 1.63. The second-order valence-electron chi connectivity index (χ2n) is 8.19. The molecule has 1 aromatic rings. The van der Waals surface area contributed by atoms with E-state index in [4.69, 9.17) is 0 Å². The molecular weight excluding hydrogens is 374 g/mol. The zero-order valence-corrected chi connectivity index (χ0v) is 17.6. The van der Waals surface area contributed by atoms with Gasteiger partial charge in [-0.1, -0.05) is 13.0 Å². The van der Waals surface area contributed by atoms with Crippen LogP contribution in [0, 0.1) is 11.6 Å². The minimum atomic E-state index is -0.532. The van der Waals surface area contributed by atoms with E-state index in [0.29, 0.717) is 19.0 Å². The standard InChI is InChI=1S/C22H34F2N4O/c1-3-10-27-11-8-17(9-12-27)28-15-16(13-21(28)22(29)25-4-2)26-14-18-19(23)6-5-7-20(18)24/h5-7,16-17,21,26H,3-4,8-15H2,1-2H3,(H,25,29)/t16-,21-/m0/s1. The lowest BCUT2D eigenvalue weighted by Crippen LogP contribution is -2.51. The van der Waals surface area contributed by atoms with E-state index in [1.165, 1.54) is 18.2 Å². The molecule has 1 amide bonds. The van der Waals surface area contributed by atoms with Crippen molar-refractivity contribution in [1.29, 1.82) is 0 Å². The van der Waals surface area contributed by atoms with Crippen LogP contribution in [0.5, 0.6) is 0 Å². The zero-order valence-electron chi connectivity index (χ0n) is 17.6. The van der Waals surface area contributed by atoms with Crippen LogP contribution in [0.25, 0.3) is 0 Å². The molecule has 0 unspecified atom stereocenters. The molecule has 0 spiro atoms. The molecule has 2 fully saturated rings. The molecule has 0 aromatic heterocycles. The van der Waals surface area contributed by atoms with Gasteiger partial charge in [-0.15, -0.1) is 0 Å². The highest BCUT2D eigenvalue weighted by Crippen LogP contribution is 2.27. The van der Waals surface area contributed by atoms with Crippen molar-refractivity contribution in [3.05, 3.63) is 35.4 Å². The molecule has 3 rings (SSSR count). The van der Waals surface area contributed by atoms with E-state index in [0.717, 1.165) is 45.4 Å². The molecule has 29 heavy (non-hydrogen) atoms. The lowest BCUT2D eigenvalue weighted by Gasteiger charge is -2.38. The predicted octanol–water partition coefficient (Wildman–Crippen LogP) is 2.51. The molecular formula is C22H34F2N4O. The normalized spacial score (nSPS) is 24.1. The maximum atomic E-state index is 13.9. The molecule has 2 atom stereocenters. The topological polar surface area (TPSA) is 47.6 Å². The third kappa shape index (κ3) is 5.53. The maximum Gasteiger partial charge on any atom is 0.237 e. The van der Waals surface area contributed by atoms with Gasteiger partial charge >= 0.3 is 0 Å². The first-order chi connectivity index (χ1) is 14.0. The summed E-state index contributed by atoms with van der Waals surface area (Å²) in [4.78, 5) is 17.5. The van der Waals surface area contributed by atoms with E-state index in [2.05, 4.69) is 27.4 Å². The first-order valence-electron chi connectivity index (χ1n) is 11.0. The van der Waals surface area contributed by atoms with Crippen LogP contribution in [0.3, 0.4) is 0 Å². The summed E-state index contributed by atoms with van der Waals surface area (Å²) in [6.45, 7) is 8.86. The van der Waals surface area contributed by atoms with E-state index in [-0.39, 0.29) is 30.1 Å². The van der Waals surface area contributed by atoms with E-state index in [1.807, 2.05) is 6.92 Å². The van der Waals surface area contributed by atoms with Crippen LogP contribution in [-0.2, 0) is 11.3 Å². The molecule has 2 aliphatic heterocycles. The van der Waals surface area contributed by atoms with Crippen LogP contribution in [0.4, 0.5) is 8.78 Å². The average molecular weight is 409 g/mol. The number of amides is 1. The van der Waals surface area contributed by atoms with Gasteiger partial charge in [0.05, 0.1) is 6.04 Å². The number of likely N-dealkylation sites (N-methyl/N-ethyl adjacent to an activating group) is 1. The number of hydrogen-bond acceptors (Lipinski definition) is 4. The number of benzene rings is 1. The molecule has 0 radical (unpaired) electrons. The molecule has 2 heterocycles. The summed E-state index contributed by atoms with van der Waals surface area (Å²) in [5.41, 5.74) is 0.0633. The summed E-state index contributed by atoms with van der Waals surface area (Å²) in [6, 6.07) is 4.18. The zero-order chi connectivity index (χ0) is 20.8. The number of rotatable bonds is 8. The molecule has 162 valence electrons. The van der Waals surface area contributed by atoms with Gasteiger partial charge in [-0.25, -0.2) is 8.78 Å². The molecule has 2 aliphatic rings. The van der Waals surface area contributed by atoms with Crippen molar-refractivity contribution in [2.75, 3.05) is 32.7 Å². The summed E-state index contributed by atoms with van der Waals surface area (Å²) in [5.74, 6) is -1.00. The van der Waals surface area contributed by atoms with Crippen molar-refractivity contribution in [3.8, 4) is 0 Å². The summed E-state index contributed by atoms with van der Waals surface area (Å²) in [6.07, 6.45) is 3.95. The second kappa shape index (κ2) is 10.5. The minimum absolute atomic E-state index is 0.0373. The second-order valence-corrected chi connectivity index (χ2v) is 8.19. The van der Waals surface area contributed by atoms with E-state index in [9.17, 15) is 13.6 Å². The monoisotopic (exact) mass is 408 g/mol. The van der Waals surface area contributed by atoms with E-state index in [1.54, 1.807) is 0 Å². The first kappa shape index (κ1) is 22.1. The van der Waals surface area contributed by atoms with Crippen molar-refractivity contribution >= 4 is 5.91 Å². The van der Waals surface area contributed by atoms with E-state index >= 15 is 0 Å². The van der Waals surface area contributed by atoms with Gasteiger partial charge in [-0.2, -0.15) is 0 Å². The SMILES string of the molecule is CCCN1CCC(N2C[C@@H](NCc3c(F)cccc3F)C[C@H]2C(=O)NCC)CC1. The summed E-state index contributed by atoms with van der Waals surface area (Å²) >= 11 is 0. The fourth-order valence-corrected chi connectivity index (χ4v) is 4.70. The average Bonchev–Trinajstić information content (AvgIpc) is 3.13. The third-order valence-electron chi connectivity index (χ3n) is 6.19. The lowest BCUT2D eigenvalue weighted by molar-refractivity contribution is -0.126. The quantitative estimate of drug-likeness (QED) is 0.694. The van der Waals surface area contributed by atoms with Gasteiger partial charge in [0, 0.05) is 37.3 Å². The van der Waals surface area contributed by atoms with Crippen molar-refractivity contribution in [2.24, 2.45) is 0 Å². The van der Waals surface area contributed by atoms with Gasteiger partial charge in [0.25, 0.3) is 0 Å². The fraction of sp³-hybridized carbons (Fsp3) is 0.682. The predicted molar refractivity (Wildman–Crippen MR) is 111 cm³/mol. The Morgan fingerprint density at radius 1 is 1.17 bits per heavy atom. The molecule has 2 N–H and O–H groups in total. The Hall–Kier alpha value is -1.57.